The van der Waals surface area contributed by atoms with E-state index >= 15 is 0 Å². The molecule has 0 aliphatic carbocycles. The highest BCUT2D eigenvalue weighted by Gasteiger charge is 2.32. The number of nitrogens with two attached hydrogens (primary N) is 1. The topological polar surface area (TPSA) is 26.0 Å². The number of alkyl halides is 2. The van der Waals surface area contributed by atoms with Crippen LogP contribution >= 0.6 is 0 Å². The van der Waals surface area contributed by atoms with Gasteiger partial charge in [0, 0.05) is 0 Å². The SMILES string of the molecule is CCCC(N)(CC)C(F)F. The minimum Gasteiger partial charge on any atom is -0.320 e. The Bertz CT molecular complexity index is 95.6. The van der Waals surface area contributed by atoms with Crippen LogP contribution in [-0.4, -0.2) is 12.0 Å². The largest absolute Gasteiger partial charge is 0.320 e. The van der Waals surface area contributed by atoms with Crippen LogP contribution in [0.5, 0.6) is 0 Å². The average Bonchev–Trinajstić information content (AvgIpc) is 1.88. The van der Waals surface area contributed by atoms with Crippen molar-refractivity contribution in [1.29, 1.82) is 0 Å². The summed E-state index contributed by atoms with van der Waals surface area (Å²) in [6.07, 6.45) is -0.925. The van der Waals surface area contributed by atoms with Crippen molar-refractivity contribution in [3.8, 4) is 0 Å². The summed E-state index contributed by atoms with van der Waals surface area (Å²) in [5, 5.41) is 0. The van der Waals surface area contributed by atoms with Crippen LogP contribution in [0.1, 0.15) is 33.1 Å². The van der Waals surface area contributed by atoms with E-state index in [4.69, 9.17) is 5.73 Å². The maximum absolute atomic E-state index is 12.1. The lowest BCUT2D eigenvalue weighted by Gasteiger charge is -2.26. The Morgan fingerprint density at radius 2 is 1.90 bits per heavy atom. The molecule has 0 amide bonds. The quantitative estimate of drug-likeness (QED) is 0.654. The lowest BCUT2D eigenvalue weighted by Crippen LogP contribution is -2.46. The summed E-state index contributed by atoms with van der Waals surface area (Å²) in [4.78, 5) is 0. The van der Waals surface area contributed by atoms with Crippen molar-refractivity contribution >= 4 is 0 Å². The molecule has 0 aliphatic rings. The second kappa shape index (κ2) is 3.86. The number of rotatable bonds is 4. The normalized spacial score (nSPS) is 17.4. The highest BCUT2D eigenvalue weighted by molar-refractivity contribution is 4.84. The molecular weight excluding hydrogens is 136 g/mol. The van der Waals surface area contributed by atoms with Gasteiger partial charge in [-0.25, -0.2) is 8.78 Å². The molecule has 10 heavy (non-hydrogen) atoms. The van der Waals surface area contributed by atoms with Crippen LogP contribution in [0.4, 0.5) is 8.78 Å². The van der Waals surface area contributed by atoms with Gasteiger partial charge in [0.25, 0.3) is 6.43 Å². The Morgan fingerprint density at radius 3 is 2.00 bits per heavy atom. The van der Waals surface area contributed by atoms with Crippen LogP contribution in [0, 0.1) is 0 Å². The summed E-state index contributed by atoms with van der Waals surface area (Å²) >= 11 is 0. The van der Waals surface area contributed by atoms with Crippen molar-refractivity contribution in [2.24, 2.45) is 5.73 Å². The third-order valence-corrected chi connectivity index (χ3v) is 1.81. The second-order valence-corrected chi connectivity index (χ2v) is 2.64. The standard InChI is InChI=1S/C7H15F2N/c1-3-5-7(10,4-2)6(8)9/h6H,3-5,10H2,1-2H3. The van der Waals surface area contributed by atoms with Crippen molar-refractivity contribution < 1.29 is 8.78 Å². The number of hydrogen-bond acceptors (Lipinski definition) is 1. The zero-order valence-electron chi connectivity index (χ0n) is 6.53. The van der Waals surface area contributed by atoms with E-state index in [9.17, 15) is 8.78 Å². The van der Waals surface area contributed by atoms with Crippen LogP contribution in [0.15, 0.2) is 0 Å². The van der Waals surface area contributed by atoms with Gasteiger partial charge in [-0.15, -0.1) is 0 Å². The monoisotopic (exact) mass is 151 g/mol. The fraction of sp³-hybridized carbons (Fsp3) is 1.00. The summed E-state index contributed by atoms with van der Waals surface area (Å²) in [6, 6.07) is 0. The molecule has 1 atom stereocenters. The van der Waals surface area contributed by atoms with Crippen LogP contribution in [0.25, 0.3) is 0 Å². The third kappa shape index (κ3) is 2.21. The maximum atomic E-state index is 12.1. The lowest BCUT2D eigenvalue weighted by molar-refractivity contribution is 0.0456. The zero-order chi connectivity index (χ0) is 8.20. The molecular formula is C7H15F2N. The van der Waals surface area contributed by atoms with Gasteiger partial charge in [-0.2, -0.15) is 0 Å². The zero-order valence-corrected chi connectivity index (χ0v) is 6.53. The molecule has 2 N–H and O–H groups in total. The first-order valence-electron chi connectivity index (χ1n) is 3.64. The summed E-state index contributed by atoms with van der Waals surface area (Å²) in [6.45, 7) is 3.56. The smallest absolute Gasteiger partial charge is 0.256 e. The van der Waals surface area contributed by atoms with Crippen LogP contribution < -0.4 is 5.73 Å². The van der Waals surface area contributed by atoms with Crippen molar-refractivity contribution in [2.75, 3.05) is 0 Å². The van der Waals surface area contributed by atoms with Crippen molar-refractivity contribution in [2.45, 2.75) is 45.1 Å². The minimum atomic E-state index is -2.39. The minimum absolute atomic E-state index is 0.346. The fourth-order valence-electron chi connectivity index (χ4n) is 0.906. The van der Waals surface area contributed by atoms with E-state index in [-0.39, 0.29) is 0 Å². The van der Waals surface area contributed by atoms with Gasteiger partial charge in [0.2, 0.25) is 0 Å². The molecule has 0 aliphatic heterocycles. The maximum Gasteiger partial charge on any atom is 0.256 e. The molecule has 0 rings (SSSR count). The molecule has 0 spiro atoms. The Morgan fingerprint density at radius 1 is 1.40 bits per heavy atom. The summed E-state index contributed by atoms with van der Waals surface area (Å²) in [5.74, 6) is 0. The van der Waals surface area contributed by atoms with E-state index in [1.54, 1.807) is 6.92 Å². The Kier molecular flexibility index (Phi) is 3.79. The van der Waals surface area contributed by atoms with Crippen molar-refractivity contribution in [3.63, 3.8) is 0 Å². The van der Waals surface area contributed by atoms with Gasteiger partial charge in [-0.05, 0) is 12.8 Å². The Hall–Kier alpha value is -0.180. The molecule has 0 aromatic heterocycles. The van der Waals surface area contributed by atoms with Gasteiger partial charge >= 0.3 is 0 Å². The molecule has 0 aromatic carbocycles. The molecule has 0 bridgehead atoms. The van der Waals surface area contributed by atoms with Crippen LogP contribution in [-0.2, 0) is 0 Å². The lowest BCUT2D eigenvalue weighted by atomic mass is 9.93. The number of hydrogen-bond donors (Lipinski definition) is 1. The van der Waals surface area contributed by atoms with Gasteiger partial charge in [0.1, 0.15) is 0 Å². The highest BCUT2D eigenvalue weighted by atomic mass is 19.3. The first kappa shape index (κ1) is 9.82. The van der Waals surface area contributed by atoms with Gasteiger partial charge < -0.3 is 5.73 Å². The fourth-order valence-corrected chi connectivity index (χ4v) is 0.906. The second-order valence-electron chi connectivity index (χ2n) is 2.64. The molecule has 0 saturated heterocycles. The molecule has 62 valence electrons. The average molecular weight is 151 g/mol. The molecule has 0 saturated carbocycles. The number of halogens is 2. The molecule has 1 unspecified atom stereocenters. The summed E-state index contributed by atoms with van der Waals surface area (Å²) in [7, 11) is 0. The van der Waals surface area contributed by atoms with Crippen molar-refractivity contribution in [1.82, 2.24) is 0 Å². The van der Waals surface area contributed by atoms with Crippen molar-refractivity contribution in [3.05, 3.63) is 0 Å². The van der Waals surface area contributed by atoms with E-state index in [0.29, 0.717) is 19.3 Å². The predicted molar refractivity (Wildman–Crippen MR) is 38.1 cm³/mol. The Balaban J connectivity index is 3.94. The molecule has 0 aromatic rings. The predicted octanol–water partition coefficient (Wildman–Crippen LogP) is 2.16. The molecule has 0 radical (unpaired) electrons. The Labute approximate surface area is 60.6 Å². The van der Waals surface area contributed by atoms with Gasteiger partial charge in [-0.3, -0.25) is 0 Å². The van der Waals surface area contributed by atoms with E-state index < -0.39 is 12.0 Å². The first-order chi connectivity index (χ1) is 4.56. The van der Waals surface area contributed by atoms with Gasteiger partial charge in [-0.1, -0.05) is 20.3 Å². The third-order valence-electron chi connectivity index (χ3n) is 1.81. The van der Waals surface area contributed by atoms with Gasteiger partial charge in [0.15, 0.2) is 0 Å². The van der Waals surface area contributed by atoms with E-state index in [0.717, 1.165) is 0 Å². The van der Waals surface area contributed by atoms with Crippen LogP contribution in [0.3, 0.4) is 0 Å². The summed E-state index contributed by atoms with van der Waals surface area (Å²) < 4.78 is 24.3. The molecule has 0 fully saturated rings. The first-order valence-corrected chi connectivity index (χ1v) is 3.64. The van der Waals surface area contributed by atoms with Crippen LogP contribution in [0.2, 0.25) is 0 Å². The van der Waals surface area contributed by atoms with E-state index in [2.05, 4.69) is 0 Å². The molecule has 0 heterocycles. The highest BCUT2D eigenvalue weighted by Crippen LogP contribution is 2.21. The molecule has 1 nitrogen and oxygen atoms in total. The summed E-state index contributed by atoms with van der Waals surface area (Å²) in [5.41, 5.74) is 4.16. The molecule has 3 heteroatoms. The van der Waals surface area contributed by atoms with E-state index in [1.807, 2.05) is 6.92 Å². The van der Waals surface area contributed by atoms with E-state index in [1.165, 1.54) is 0 Å². The van der Waals surface area contributed by atoms with Gasteiger partial charge in [0.05, 0.1) is 5.54 Å².